The van der Waals surface area contributed by atoms with Gasteiger partial charge < -0.3 is 10.0 Å². The maximum absolute atomic E-state index is 12.9. The zero-order valence-electron chi connectivity index (χ0n) is 14.4. The van der Waals surface area contributed by atoms with Crippen molar-refractivity contribution < 1.29 is 9.90 Å². The largest absolute Gasteiger partial charge is 0.388 e. The summed E-state index contributed by atoms with van der Waals surface area (Å²) < 4.78 is 0. The summed E-state index contributed by atoms with van der Waals surface area (Å²) in [6.07, 6.45) is 6.10. The van der Waals surface area contributed by atoms with Crippen molar-refractivity contribution in [3.05, 3.63) is 35.9 Å². The molecule has 2 aliphatic rings. The minimum absolute atomic E-state index is 0.0122. The smallest absolute Gasteiger partial charge is 0.226 e. The first-order valence-corrected chi connectivity index (χ1v) is 9.04. The molecule has 2 fully saturated rings. The molecule has 0 bridgehead atoms. The highest BCUT2D eigenvalue weighted by molar-refractivity contribution is 5.79. The molecule has 1 saturated carbocycles. The molecule has 1 heterocycles. The molecule has 23 heavy (non-hydrogen) atoms. The SMILES string of the molecule is CC(C)(O)C1CCCN1C(=O)C1CCC(c2ccccc2)CC1. The molecule has 3 rings (SSSR count). The quantitative estimate of drug-likeness (QED) is 0.923. The molecule has 0 aromatic heterocycles. The van der Waals surface area contributed by atoms with Gasteiger partial charge in [0.15, 0.2) is 0 Å². The molecule has 1 unspecified atom stereocenters. The van der Waals surface area contributed by atoms with Gasteiger partial charge in [0.05, 0.1) is 11.6 Å². The Morgan fingerprint density at radius 2 is 1.74 bits per heavy atom. The van der Waals surface area contributed by atoms with Gasteiger partial charge in [-0.3, -0.25) is 4.79 Å². The number of aliphatic hydroxyl groups is 1. The standard InChI is InChI=1S/C20H29NO2/c1-20(2,23)18-9-6-14-21(18)19(22)17-12-10-16(11-13-17)15-7-4-3-5-8-15/h3-5,7-8,16-18,23H,6,9-14H2,1-2H3. The van der Waals surface area contributed by atoms with Crippen molar-refractivity contribution in [1.29, 1.82) is 0 Å². The van der Waals surface area contributed by atoms with Gasteiger partial charge in [-0.15, -0.1) is 0 Å². The van der Waals surface area contributed by atoms with Gasteiger partial charge >= 0.3 is 0 Å². The summed E-state index contributed by atoms with van der Waals surface area (Å²) in [4.78, 5) is 14.9. The van der Waals surface area contributed by atoms with Gasteiger partial charge in [0.1, 0.15) is 0 Å². The average molecular weight is 315 g/mol. The molecule has 1 saturated heterocycles. The first kappa shape index (κ1) is 16.5. The fourth-order valence-corrected chi connectivity index (χ4v) is 4.40. The molecular weight excluding hydrogens is 286 g/mol. The lowest BCUT2D eigenvalue weighted by Crippen LogP contribution is -2.50. The third kappa shape index (κ3) is 3.60. The minimum atomic E-state index is -0.798. The molecule has 1 aliphatic heterocycles. The number of benzene rings is 1. The molecule has 1 amide bonds. The van der Waals surface area contributed by atoms with Gasteiger partial charge in [-0.25, -0.2) is 0 Å². The van der Waals surface area contributed by atoms with Crippen molar-refractivity contribution >= 4 is 5.91 Å². The fourth-order valence-electron chi connectivity index (χ4n) is 4.40. The Kier molecular flexibility index (Phi) is 4.77. The van der Waals surface area contributed by atoms with E-state index in [0.717, 1.165) is 45.1 Å². The van der Waals surface area contributed by atoms with Crippen LogP contribution >= 0.6 is 0 Å². The van der Waals surface area contributed by atoms with Crippen LogP contribution in [0.2, 0.25) is 0 Å². The van der Waals surface area contributed by atoms with Crippen LogP contribution in [0.1, 0.15) is 63.9 Å². The predicted molar refractivity (Wildman–Crippen MR) is 92.2 cm³/mol. The second kappa shape index (κ2) is 6.64. The maximum atomic E-state index is 12.9. The topological polar surface area (TPSA) is 40.5 Å². The van der Waals surface area contributed by atoms with E-state index in [1.807, 2.05) is 18.7 Å². The minimum Gasteiger partial charge on any atom is -0.388 e. The molecule has 0 radical (unpaired) electrons. The van der Waals surface area contributed by atoms with Crippen LogP contribution in [0.3, 0.4) is 0 Å². The fraction of sp³-hybridized carbons (Fsp3) is 0.650. The third-order valence-electron chi connectivity index (χ3n) is 5.70. The van der Waals surface area contributed by atoms with Gasteiger partial charge in [0.25, 0.3) is 0 Å². The van der Waals surface area contributed by atoms with E-state index < -0.39 is 5.60 Å². The average Bonchev–Trinajstić information content (AvgIpc) is 3.05. The van der Waals surface area contributed by atoms with Crippen LogP contribution in [0.4, 0.5) is 0 Å². The van der Waals surface area contributed by atoms with Crippen molar-refractivity contribution in [2.24, 2.45) is 5.92 Å². The van der Waals surface area contributed by atoms with Crippen molar-refractivity contribution in [3.63, 3.8) is 0 Å². The number of amides is 1. The van der Waals surface area contributed by atoms with Gasteiger partial charge in [0, 0.05) is 12.5 Å². The number of carbonyl (C=O) groups excluding carboxylic acids is 1. The molecule has 3 nitrogen and oxygen atoms in total. The van der Waals surface area contributed by atoms with Gasteiger partial charge in [-0.1, -0.05) is 30.3 Å². The number of hydrogen-bond acceptors (Lipinski definition) is 2. The summed E-state index contributed by atoms with van der Waals surface area (Å²) in [7, 11) is 0. The highest BCUT2D eigenvalue weighted by atomic mass is 16.3. The Morgan fingerprint density at radius 1 is 1.09 bits per heavy atom. The molecule has 1 aromatic carbocycles. The Morgan fingerprint density at radius 3 is 2.35 bits per heavy atom. The molecule has 126 valence electrons. The number of likely N-dealkylation sites (tertiary alicyclic amines) is 1. The Bertz CT molecular complexity index is 526. The number of rotatable bonds is 3. The van der Waals surface area contributed by atoms with Gasteiger partial charge in [0.2, 0.25) is 5.91 Å². The summed E-state index contributed by atoms with van der Waals surface area (Å²) in [5.74, 6) is 1.03. The van der Waals surface area contributed by atoms with Gasteiger partial charge in [-0.2, -0.15) is 0 Å². The second-order valence-corrected chi connectivity index (χ2v) is 7.80. The summed E-state index contributed by atoms with van der Waals surface area (Å²) in [5, 5.41) is 10.3. The van der Waals surface area contributed by atoms with Crippen molar-refractivity contribution in [2.75, 3.05) is 6.54 Å². The number of nitrogens with zero attached hydrogens (tertiary/aromatic N) is 1. The first-order chi connectivity index (χ1) is 11.0. The van der Waals surface area contributed by atoms with Crippen LogP contribution in [-0.2, 0) is 4.79 Å². The summed E-state index contributed by atoms with van der Waals surface area (Å²) in [6, 6.07) is 10.7. The molecule has 1 aliphatic carbocycles. The van der Waals surface area contributed by atoms with Crippen LogP contribution in [0.5, 0.6) is 0 Å². The van der Waals surface area contributed by atoms with Crippen molar-refractivity contribution in [2.45, 2.75) is 69.9 Å². The lowest BCUT2D eigenvalue weighted by Gasteiger charge is -2.37. The van der Waals surface area contributed by atoms with E-state index in [2.05, 4.69) is 30.3 Å². The Balaban J connectivity index is 1.60. The van der Waals surface area contributed by atoms with Gasteiger partial charge in [-0.05, 0) is 63.9 Å². The van der Waals surface area contributed by atoms with Crippen LogP contribution in [0, 0.1) is 5.92 Å². The highest BCUT2D eigenvalue weighted by Crippen LogP contribution is 2.38. The lowest BCUT2D eigenvalue weighted by atomic mass is 9.78. The number of carbonyl (C=O) groups is 1. The van der Waals surface area contributed by atoms with Crippen LogP contribution < -0.4 is 0 Å². The zero-order chi connectivity index (χ0) is 16.4. The Labute approximate surface area is 139 Å². The normalized spacial score (nSPS) is 28.8. The molecule has 1 N–H and O–H groups in total. The van der Waals surface area contributed by atoms with E-state index in [1.165, 1.54) is 5.56 Å². The van der Waals surface area contributed by atoms with E-state index in [9.17, 15) is 9.90 Å². The second-order valence-electron chi connectivity index (χ2n) is 7.80. The van der Waals surface area contributed by atoms with Crippen molar-refractivity contribution in [3.8, 4) is 0 Å². The van der Waals surface area contributed by atoms with E-state index in [-0.39, 0.29) is 17.9 Å². The van der Waals surface area contributed by atoms with E-state index in [1.54, 1.807) is 0 Å². The summed E-state index contributed by atoms with van der Waals surface area (Å²) >= 11 is 0. The first-order valence-electron chi connectivity index (χ1n) is 9.04. The summed E-state index contributed by atoms with van der Waals surface area (Å²) in [5.41, 5.74) is 0.613. The summed E-state index contributed by atoms with van der Waals surface area (Å²) in [6.45, 7) is 4.47. The number of hydrogen-bond donors (Lipinski definition) is 1. The van der Waals surface area contributed by atoms with Crippen LogP contribution in [0.15, 0.2) is 30.3 Å². The Hall–Kier alpha value is -1.35. The van der Waals surface area contributed by atoms with E-state index in [4.69, 9.17) is 0 Å². The molecule has 3 heteroatoms. The molecule has 0 spiro atoms. The highest BCUT2D eigenvalue weighted by Gasteiger charge is 2.41. The van der Waals surface area contributed by atoms with Crippen molar-refractivity contribution in [1.82, 2.24) is 4.90 Å². The predicted octanol–water partition coefficient (Wildman–Crippen LogP) is 3.72. The monoisotopic (exact) mass is 315 g/mol. The van der Waals surface area contributed by atoms with Crippen LogP contribution in [-0.4, -0.2) is 34.1 Å². The third-order valence-corrected chi connectivity index (χ3v) is 5.70. The molecule has 1 aromatic rings. The lowest BCUT2D eigenvalue weighted by molar-refractivity contribution is -0.142. The van der Waals surface area contributed by atoms with E-state index >= 15 is 0 Å². The zero-order valence-corrected chi connectivity index (χ0v) is 14.4. The van der Waals surface area contributed by atoms with E-state index in [0.29, 0.717) is 5.92 Å². The maximum Gasteiger partial charge on any atom is 0.226 e. The van der Waals surface area contributed by atoms with Crippen LogP contribution in [0.25, 0.3) is 0 Å². The molecule has 1 atom stereocenters. The molecular formula is C20H29NO2.